The lowest BCUT2D eigenvalue weighted by atomic mass is 10.1. The molecule has 0 aliphatic carbocycles. The van der Waals surface area contributed by atoms with Crippen molar-refractivity contribution in [3.8, 4) is 0 Å². The number of nitrogens with zero attached hydrogens (tertiary/aromatic N) is 3. The van der Waals surface area contributed by atoms with Crippen LogP contribution in [0.3, 0.4) is 0 Å². The van der Waals surface area contributed by atoms with Gasteiger partial charge in [0.1, 0.15) is 17.5 Å². The minimum absolute atomic E-state index is 0.603. The topological polar surface area (TPSA) is 55.0 Å². The molecule has 1 rings (SSSR count). The van der Waals surface area contributed by atoms with Gasteiger partial charge in [-0.15, -0.1) is 0 Å². The van der Waals surface area contributed by atoms with Crippen LogP contribution in [0.15, 0.2) is 0 Å². The second kappa shape index (κ2) is 7.46. The first-order valence-electron chi connectivity index (χ1n) is 7.67. The Kier molecular flexibility index (Phi) is 6.24. The third-order valence-corrected chi connectivity index (χ3v) is 3.52. The van der Waals surface area contributed by atoms with Gasteiger partial charge in [-0.2, -0.15) is 0 Å². The summed E-state index contributed by atoms with van der Waals surface area (Å²) in [6.07, 6.45) is 2.33. The molecular formula is C16H30N4. The Morgan fingerprint density at radius 1 is 0.950 bits per heavy atom. The summed E-state index contributed by atoms with van der Waals surface area (Å²) in [4.78, 5) is 11.2. The second-order valence-corrected chi connectivity index (χ2v) is 6.46. The highest BCUT2D eigenvalue weighted by molar-refractivity contribution is 5.56. The van der Waals surface area contributed by atoms with Crippen LogP contribution in [0.25, 0.3) is 0 Å². The first kappa shape index (κ1) is 16.7. The molecule has 0 saturated carbocycles. The second-order valence-electron chi connectivity index (χ2n) is 6.46. The highest BCUT2D eigenvalue weighted by Crippen LogP contribution is 2.23. The first-order valence-corrected chi connectivity index (χ1v) is 7.67. The molecule has 2 N–H and O–H groups in total. The molecular weight excluding hydrogens is 248 g/mol. The summed E-state index contributed by atoms with van der Waals surface area (Å²) in [6.45, 7) is 15.0. The molecule has 0 saturated heterocycles. The number of nitrogen functional groups attached to an aromatic ring is 1. The number of aryl methyl sites for hydroxylation is 1. The molecule has 0 spiro atoms. The molecule has 0 aromatic carbocycles. The number of rotatable bonds is 7. The van der Waals surface area contributed by atoms with Crippen LogP contribution < -0.4 is 10.6 Å². The summed E-state index contributed by atoms with van der Waals surface area (Å²) < 4.78 is 0. The summed E-state index contributed by atoms with van der Waals surface area (Å²) in [7, 11) is 0. The summed E-state index contributed by atoms with van der Waals surface area (Å²) >= 11 is 0. The van der Waals surface area contributed by atoms with Crippen LogP contribution >= 0.6 is 0 Å². The van der Waals surface area contributed by atoms with Crippen molar-refractivity contribution in [1.82, 2.24) is 9.97 Å². The van der Waals surface area contributed by atoms with E-state index in [0.717, 1.165) is 30.3 Å². The van der Waals surface area contributed by atoms with Gasteiger partial charge in [0.2, 0.25) is 0 Å². The molecule has 0 fully saturated rings. The largest absolute Gasteiger partial charge is 0.383 e. The fourth-order valence-electron chi connectivity index (χ4n) is 2.09. The molecule has 0 aliphatic heterocycles. The molecule has 0 radical (unpaired) electrons. The van der Waals surface area contributed by atoms with Crippen LogP contribution in [0.1, 0.15) is 51.9 Å². The van der Waals surface area contributed by atoms with Gasteiger partial charge in [0.05, 0.1) is 0 Å². The van der Waals surface area contributed by atoms with Gasteiger partial charge in [-0.1, -0.05) is 27.7 Å². The minimum Gasteiger partial charge on any atom is -0.383 e. The Bertz CT molecular complexity index is 415. The molecule has 1 aromatic rings. The zero-order chi connectivity index (χ0) is 15.3. The van der Waals surface area contributed by atoms with E-state index in [-0.39, 0.29) is 0 Å². The molecule has 4 nitrogen and oxygen atoms in total. The van der Waals surface area contributed by atoms with Gasteiger partial charge in [-0.25, -0.2) is 9.97 Å². The van der Waals surface area contributed by atoms with Crippen molar-refractivity contribution >= 4 is 11.6 Å². The van der Waals surface area contributed by atoms with Crippen molar-refractivity contribution in [3.05, 3.63) is 11.4 Å². The molecule has 1 aromatic heterocycles. The predicted octanol–water partition coefficient (Wildman–Crippen LogP) is 3.57. The van der Waals surface area contributed by atoms with Crippen molar-refractivity contribution in [3.63, 3.8) is 0 Å². The average Bonchev–Trinajstić information content (AvgIpc) is 2.33. The van der Waals surface area contributed by atoms with Gasteiger partial charge in [0.15, 0.2) is 0 Å². The molecule has 4 heteroatoms. The maximum absolute atomic E-state index is 5.99. The maximum atomic E-state index is 5.99. The Labute approximate surface area is 123 Å². The third kappa shape index (κ3) is 4.99. The molecule has 0 amide bonds. The third-order valence-electron chi connectivity index (χ3n) is 3.52. The molecule has 20 heavy (non-hydrogen) atoms. The smallest absolute Gasteiger partial charge is 0.137 e. The Balaban J connectivity index is 2.96. The van der Waals surface area contributed by atoms with Crippen LogP contribution in [-0.4, -0.2) is 23.1 Å². The Hall–Kier alpha value is -1.32. The number of aromatic nitrogens is 2. The number of anilines is 2. The van der Waals surface area contributed by atoms with Crippen molar-refractivity contribution in [2.75, 3.05) is 23.7 Å². The quantitative estimate of drug-likeness (QED) is 0.828. The lowest BCUT2D eigenvalue weighted by molar-refractivity contribution is 0.532. The summed E-state index contributed by atoms with van der Waals surface area (Å²) in [6, 6.07) is 0. The zero-order valence-corrected chi connectivity index (χ0v) is 13.9. The Morgan fingerprint density at radius 2 is 1.45 bits per heavy atom. The normalized spacial score (nSPS) is 11.4. The summed E-state index contributed by atoms with van der Waals surface area (Å²) in [5, 5.41) is 0. The van der Waals surface area contributed by atoms with Crippen LogP contribution in [-0.2, 0) is 0 Å². The van der Waals surface area contributed by atoms with Gasteiger partial charge in [0.25, 0.3) is 0 Å². The van der Waals surface area contributed by atoms with Gasteiger partial charge in [-0.05, 0) is 38.5 Å². The van der Waals surface area contributed by atoms with Crippen molar-refractivity contribution in [2.45, 2.75) is 54.4 Å². The fourth-order valence-corrected chi connectivity index (χ4v) is 2.09. The Morgan fingerprint density at radius 3 is 1.90 bits per heavy atom. The number of nitrogens with two attached hydrogens (primary N) is 1. The minimum atomic E-state index is 0.603. The van der Waals surface area contributed by atoms with Gasteiger partial charge in [-0.3, -0.25) is 0 Å². The van der Waals surface area contributed by atoms with Crippen molar-refractivity contribution < 1.29 is 0 Å². The fraction of sp³-hybridized carbons (Fsp3) is 0.750. The number of hydrogen-bond donors (Lipinski definition) is 1. The van der Waals surface area contributed by atoms with Crippen molar-refractivity contribution in [2.24, 2.45) is 11.8 Å². The SMILES string of the molecule is Cc1nc(N)c(C)c(N(CCC(C)C)CCC(C)C)n1. The number of hydrogen-bond acceptors (Lipinski definition) is 4. The van der Waals surface area contributed by atoms with E-state index in [1.54, 1.807) is 0 Å². The van der Waals surface area contributed by atoms with E-state index in [9.17, 15) is 0 Å². The molecule has 0 aliphatic rings. The molecule has 1 heterocycles. The molecule has 0 bridgehead atoms. The van der Waals surface area contributed by atoms with E-state index in [0.29, 0.717) is 17.7 Å². The average molecular weight is 278 g/mol. The molecule has 0 atom stereocenters. The van der Waals surface area contributed by atoms with Crippen molar-refractivity contribution in [1.29, 1.82) is 0 Å². The van der Waals surface area contributed by atoms with Gasteiger partial charge >= 0.3 is 0 Å². The summed E-state index contributed by atoms with van der Waals surface area (Å²) in [5.74, 6) is 3.75. The van der Waals surface area contributed by atoms with Crippen LogP contribution in [0.4, 0.5) is 11.6 Å². The van der Waals surface area contributed by atoms with Gasteiger partial charge in [0, 0.05) is 18.7 Å². The lowest BCUT2D eigenvalue weighted by Gasteiger charge is -2.27. The standard InChI is InChI=1S/C16H30N4/c1-11(2)7-9-20(10-8-12(3)4)16-13(5)15(17)18-14(6)19-16/h11-12H,7-10H2,1-6H3,(H2,17,18,19). The predicted molar refractivity (Wildman–Crippen MR) is 87.0 cm³/mol. The zero-order valence-electron chi connectivity index (χ0n) is 13.9. The molecule has 0 unspecified atom stereocenters. The van der Waals surface area contributed by atoms with E-state index in [1.165, 1.54) is 12.8 Å². The molecule has 114 valence electrons. The van der Waals surface area contributed by atoms with E-state index >= 15 is 0 Å². The van der Waals surface area contributed by atoms with E-state index in [1.807, 2.05) is 13.8 Å². The maximum Gasteiger partial charge on any atom is 0.137 e. The van der Waals surface area contributed by atoms with E-state index in [2.05, 4.69) is 42.6 Å². The first-order chi connectivity index (χ1) is 9.31. The van der Waals surface area contributed by atoms with Crippen LogP contribution in [0, 0.1) is 25.7 Å². The van der Waals surface area contributed by atoms with Crippen LogP contribution in [0.2, 0.25) is 0 Å². The van der Waals surface area contributed by atoms with E-state index in [4.69, 9.17) is 5.73 Å². The lowest BCUT2D eigenvalue weighted by Crippen LogP contribution is -2.29. The van der Waals surface area contributed by atoms with E-state index < -0.39 is 0 Å². The summed E-state index contributed by atoms with van der Waals surface area (Å²) in [5.41, 5.74) is 7.00. The van der Waals surface area contributed by atoms with Gasteiger partial charge < -0.3 is 10.6 Å². The highest BCUT2D eigenvalue weighted by Gasteiger charge is 2.15. The van der Waals surface area contributed by atoms with Crippen LogP contribution in [0.5, 0.6) is 0 Å². The highest BCUT2D eigenvalue weighted by atomic mass is 15.2. The monoisotopic (exact) mass is 278 g/mol.